The molecule has 0 aromatic heterocycles. The Morgan fingerprint density at radius 1 is 1.47 bits per heavy atom. The van der Waals surface area contributed by atoms with E-state index in [0.29, 0.717) is 6.42 Å². The molecule has 0 saturated carbocycles. The number of carbonyl (C=O) groups excluding carboxylic acids is 1. The Morgan fingerprint density at radius 2 is 2.07 bits per heavy atom. The van der Waals surface area contributed by atoms with E-state index >= 15 is 0 Å². The number of nitrogens with one attached hydrogen (secondary N) is 1. The maximum atomic E-state index is 11.9. The van der Waals surface area contributed by atoms with Crippen LogP contribution in [-0.2, 0) is 4.79 Å². The number of nitrogens with zero attached hydrogens (tertiary/aromatic N) is 2. The van der Waals surface area contributed by atoms with E-state index in [0.717, 1.165) is 25.9 Å². The Balaban J connectivity index is 2.35. The molecule has 1 rings (SSSR count). The van der Waals surface area contributed by atoms with Crippen molar-refractivity contribution in [2.45, 2.75) is 45.2 Å². The van der Waals surface area contributed by atoms with Crippen LogP contribution in [0.25, 0.3) is 0 Å². The molecule has 1 heterocycles. The lowest BCUT2D eigenvalue weighted by Gasteiger charge is -2.23. The highest BCUT2D eigenvalue weighted by Gasteiger charge is 2.23. The topological polar surface area (TPSA) is 56.1 Å². The van der Waals surface area contributed by atoms with E-state index in [1.165, 1.54) is 0 Å². The van der Waals surface area contributed by atoms with Crippen LogP contribution in [0.3, 0.4) is 0 Å². The van der Waals surface area contributed by atoms with Crippen LogP contribution < -0.4 is 5.32 Å². The lowest BCUT2D eigenvalue weighted by molar-refractivity contribution is -0.132. The van der Waals surface area contributed by atoms with E-state index < -0.39 is 0 Å². The fourth-order valence-corrected chi connectivity index (χ4v) is 1.91. The molecule has 0 aromatic carbocycles. The summed E-state index contributed by atoms with van der Waals surface area (Å²) in [4.78, 5) is 13.8. The summed E-state index contributed by atoms with van der Waals surface area (Å²) in [5.74, 6) is 0.164. The molecule has 4 nitrogen and oxygen atoms in total. The zero-order valence-electron chi connectivity index (χ0n) is 9.49. The number of hydrogen-bond donors (Lipinski definition) is 1. The lowest BCUT2D eigenvalue weighted by Crippen LogP contribution is -2.46. The van der Waals surface area contributed by atoms with Crippen LogP contribution >= 0.6 is 0 Å². The average Bonchev–Trinajstić information content (AvgIpc) is 2.69. The van der Waals surface area contributed by atoms with E-state index in [9.17, 15) is 4.79 Å². The highest BCUT2D eigenvalue weighted by Crippen LogP contribution is 2.09. The highest BCUT2D eigenvalue weighted by molar-refractivity contribution is 5.81. The Morgan fingerprint density at radius 3 is 2.60 bits per heavy atom. The van der Waals surface area contributed by atoms with Crippen molar-refractivity contribution in [1.82, 2.24) is 10.2 Å². The fourth-order valence-electron chi connectivity index (χ4n) is 1.91. The predicted octanol–water partition coefficient (Wildman–Crippen LogP) is 0.889. The summed E-state index contributed by atoms with van der Waals surface area (Å²) in [5, 5.41) is 11.7. The van der Waals surface area contributed by atoms with Gasteiger partial charge >= 0.3 is 0 Å². The fraction of sp³-hybridized carbons (Fsp3) is 0.818. The van der Waals surface area contributed by atoms with Gasteiger partial charge in [0.2, 0.25) is 5.91 Å². The van der Waals surface area contributed by atoms with Crippen molar-refractivity contribution in [1.29, 1.82) is 5.26 Å². The van der Waals surface area contributed by atoms with Crippen LogP contribution in [0.1, 0.15) is 33.1 Å². The first-order chi connectivity index (χ1) is 7.15. The predicted molar refractivity (Wildman–Crippen MR) is 58.1 cm³/mol. The smallest absolute Gasteiger partial charge is 0.239 e. The van der Waals surface area contributed by atoms with Crippen molar-refractivity contribution in [2.75, 3.05) is 13.1 Å². The van der Waals surface area contributed by atoms with Crippen molar-refractivity contribution in [3.05, 3.63) is 0 Å². The van der Waals surface area contributed by atoms with Crippen LogP contribution in [0, 0.1) is 11.3 Å². The molecular weight excluding hydrogens is 190 g/mol. The normalized spacial score (nSPS) is 19.7. The van der Waals surface area contributed by atoms with Crippen molar-refractivity contribution in [3.8, 4) is 6.07 Å². The second kappa shape index (κ2) is 5.72. The summed E-state index contributed by atoms with van der Waals surface area (Å²) in [6.07, 6.45) is 2.68. The number of likely N-dealkylation sites (tertiary alicyclic amines) is 1. The van der Waals surface area contributed by atoms with Gasteiger partial charge in [0.15, 0.2) is 0 Å². The van der Waals surface area contributed by atoms with Gasteiger partial charge < -0.3 is 10.2 Å². The van der Waals surface area contributed by atoms with Crippen LogP contribution in [0.2, 0.25) is 0 Å². The molecule has 1 N–H and O–H groups in total. The van der Waals surface area contributed by atoms with Gasteiger partial charge in [0.1, 0.15) is 0 Å². The van der Waals surface area contributed by atoms with Crippen molar-refractivity contribution >= 4 is 5.91 Å². The molecule has 0 aromatic rings. The molecule has 4 heteroatoms. The molecule has 1 saturated heterocycles. The van der Waals surface area contributed by atoms with Gasteiger partial charge in [-0.25, -0.2) is 0 Å². The number of carbonyl (C=O) groups is 1. The molecule has 2 unspecified atom stereocenters. The maximum Gasteiger partial charge on any atom is 0.239 e. The molecule has 1 aliphatic rings. The first kappa shape index (κ1) is 12.0. The monoisotopic (exact) mass is 209 g/mol. The minimum absolute atomic E-state index is 0.0801. The first-order valence-electron chi connectivity index (χ1n) is 5.57. The summed E-state index contributed by atoms with van der Waals surface area (Å²) in [7, 11) is 0. The van der Waals surface area contributed by atoms with Gasteiger partial charge in [-0.2, -0.15) is 5.26 Å². The van der Waals surface area contributed by atoms with E-state index in [1.807, 2.05) is 18.7 Å². The van der Waals surface area contributed by atoms with Crippen LogP contribution in [0.4, 0.5) is 0 Å². The molecule has 0 bridgehead atoms. The quantitative estimate of drug-likeness (QED) is 0.748. The number of hydrogen-bond acceptors (Lipinski definition) is 3. The van der Waals surface area contributed by atoms with Crippen molar-refractivity contribution in [3.63, 3.8) is 0 Å². The number of amides is 1. The minimum atomic E-state index is -0.175. The molecular formula is C11H19N3O. The van der Waals surface area contributed by atoms with Gasteiger partial charge in [-0.1, -0.05) is 0 Å². The Labute approximate surface area is 91.2 Å². The van der Waals surface area contributed by atoms with Crippen LogP contribution in [0.15, 0.2) is 0 Å². The van der Waals surface area contributed by atoms with Gasteiger partial charge in [-0.05, 0) is 26.7 Å². The molecule has 0 aliphatic carbocycles. The molecule has 0 spiro atoms. The highest BCUT2D eigenvalue weighted by atomic mass is 16.2. The van der Waals surface area contributed by atoms with E-state index in [4.69, 9.17) is 5.26 Å². The van der Waals surface area contributed by atoms with E-state index in [-0.39, 0.29) is 18.0 Å². The average molecular weight is 209 g/mol. The lowest BCUT2D eigenvalue weighted by atomic mass is 10.2. The van der Waals surface area contributed by atoms with E-state index in [2.05, 4.69) is 11.4 Å². The van der Waals surface area contributed by atoms with Gasteiger partial charge in [0, 0.05) is 19.1 Å². The largest absolute Gasteiger partial charge is 0.341 e. The number of rotatable bonds is 4. The molecule has 1 fully saturated rings. The second-order valence-corrected chi connectivity index (χ2v) is 4.18. The van der Waals surface area contributed by atoms with Crippen molar-refractivity contribution in [2.24, 2.45) is 0 Å². The summed E-state index contributed by atoms with van der Waals surface area (Å²) in [6.45, 7) is 5.57. The molecule has 84 valence electrons. The summed E-state index contributed by atoms with van der Waals surface area (Å²) in [5.41, 5.74) is 0. The van der Waals surface area contributed by atoms with Gasteiger partial charge in [0.05, 0.1) is 18.5 Å². The van der Waals surface area contributed by atoms with Gasteiger partial charge in [0.25, 0.3) is 0 Å². The summed E-state index contributed by atoms with van der Waals surface area (Å²) >= 11 is 0. The zero-order chi connectivity index (χ0) is 11.3. The third-order valence-electron chi connectivity index (χ3n) is 2.72. The Kier molecular flexibility index (Phi) is 4.57. The van der Waals surface area contributed by atoms with Gasteiger partial charge in [-0.3, -0.25) is 4.79 Å². The molecule has 2 atom stereocenters. The van der Waals surface area contributed by atoms with Crippen LogP contribution in [-0.4, -0.2) is 36.0 Å². The standard InChI is InChI=1S/C11H19N3O/c1-9(5-6-12)13-10(2)11(15)14-7-3-4-8-14/h9-10,13H,3-5,7-8H2,1-2H3. The Bertz CT molecular complexity index is 253. The molecule has 1 aliphatic heterocycles. The third kappa shape index (κ3) is 3.52. The number of nitriles is 1. The first-order valence-corrected chi connectivity index (χ1v) is 5.57. The van der Waals surface area contributed by atoms with Gasteiger partial charge in [-0.15, -0.1) is 0 Å². The zero-order valence-corrected chi connectivity index (χ0v) is 9.49. The third-order valence-corrected chi connectivity index (χ3v) is 2.72. The summed E-state index contributed by atoms with van der Waals surface area (Å²) in [6, 6.07) is 2.00. The summed E-state index contributed by atoms with van der Waals surface area (Å²) < 4.78 is 0. The molecule has 1 amide bonds. The molecule has 0 radical (unpaired) electrons. The minimum Gasteiger partial charge on any atom is -0.341 e. The molecule has 15 heavy (non-hydrogen) atoms. The Hall–Kier alpha value is -1.08. The van der Waals surface area contributed by atoms with Crippen molar-refractivity contribution < 1.29 is 4.79 Å². The SMILES string of the molecule is CC(CC#N)NC(C)C(=O)N1CCCC1. The second-order valence-electron chi connectivity index (χ2n) is 4.18. The van der Waals surface area contributed by atoms with Crippen LogP contribution in [0.5, 0.6) is 0 Å². The van der Waals surface area contributed by atoms with E-state index in [1.54, 1.807) is 0 Å². The maximum absolute atomic E-state index is 11.9.